The number of unbranched alkanes of at least 4 members (excludes halogenated alkanes) is 1. The van der Waals surface area contributed by atoms with E-state index in [1.807, 2.05) is 0 Å². The predicted molar refractivity (Wildman–Crippen MR) is 108 cm³/mol. The maximum Gasteiger partial charge on any atom is 0.227 e. The molecule has 0 aliphatic heterocycles. The third kappa shape index (κ3) is 5.53. The van der Waals surface area contributed by atoms with Gasteiger partial charge in [-0.25, -0.2) is 0 Å². The average Bonchev–Trinajstić information content (AvgIpc) is 2.73. The molecule has 2 amide bonds. The van der Waals surface area contributed by atoms with Crippen molar-refractivity contribution in [1.29, 1.82) is 0 Å². The Morgan fingerprint density at radius 3 is 1.93 bits per heavy atom. The number of amides is 2. The van der Waals surface area contributed by atoms with Gasteiger partial charge in [0.2, 0.25) is 17.6 Å². The van der Waals surface area contributed by atoms with Gasteiger partial charge in [0.1, 0.15) is 0 Å². The van der Waals surface area contributed by atoms with Crippen molar-refractivity contribution < 1.29 is 23.8 Å². The van der Waals surface area contributed by atoms with Crippen LogP contribution >= 0.6 is 0 Å². The van der Waals surface area contributed by atoms with E-state index < -0.39 is 0 Å². The third-order valence-corrected chi connectivity index (χ3v) is 5.23. The number of methoxy groups -OCH3 is 3. The smallest absolute Gasteiger partial charge is 0.227 e. The molecule has 1 aromatic rings. The van der Waals surface area contributed by atoms with Gasteiger partial charge in [-0.05, 0) is 32.1 Å². The first kappa shape index (κ1) is 21.9. The Hall–Kier alpha value is -2.44. The molecule has 1 saturated carbocycles. The third-order valence-electron chi connectivity index (χ3n) is 5.23. The average molecular weight is 392 g/mol. The van der Waals surface area contributed by atoms with Gasteiger partial charge in [-0.2, -0.15) is 0 Å². The monoisotopic (exact) mass is 392 g/mol. The Balaban J connectivity index is 1.93. The molecule has 0 spiro atoms. The van der Waals surface area contributed by atoms with Gasteiger partial charge in [-0.1, -0.05) is 13.3 Å². The highest BCUT2D eigenvalue weighted by Gasteiger charge is 2.30. The summed E-state index contributed by atoms with van der Waals surface area (Å²) in [5.41, 5.74) is 0.596. The second kappa shape index (κ2) is 10.8. The van der Waals surface area contributed by atoms with Gasteiger partial charge in [0.05, 0.1) is 21.3 Å². The molecule has 2 N–H and O–H groups in total. The van der Waals surface area contributed by atoms with Crippen LogP contribution in [0.25, 0.3) is 0 Å². The first-order valence-electron chi connectivity index (χ1n) is 9.92. The molecular formula is C21H32N2O5. The topological polar surface area (TPSA) is 85.9 Å². The number of nitrogens with one attached hydrogen (secondary N) is 2. The van der Waals surface area contributed by atoms with Gasteiger partial charge in [0, 0.05) is 36.2 Å². The summed E-state index contributed by atoms with van der Waals surface area (Å²) < 4.78 is 16.0. The van der Waals surface area contributed by atoms with Crippen LogP contribution in [0, 0.1) is 11.8 Å². The van der Waals surface area contributed by atoms with E-state index in [1.54, 1.807) is 12.1 Å². The summed E-state index contributed by atoms with van der Waals surface area (Å²) in [6, 6.07) is 3.43. The largest absolute Gasteiger partial charge is 0.493 e. The number of carbonyl (C=O) groups is 2. The zero-order valence-corrected chi connectivity index (χ0v) is 17.3. The van der Waals surface area contributed by atoms with Crippen LogP contribution in [-0.2, 0) is 9.59 Å². The first-order valence-corrected chi connectivity index (χ1v) is 9.92. The van der Waals surface area contributed by atoms with Crippen LogP contribution in [0.4, 0.5) is 5.69 Å². The summed E-state index contributed by atoms with van der Waals surface area (Å²) in [5.74, 6) is 1.46. The Kier molecular flexibility index (Phi) is 8.42. The lowest BCUT2D eigenvalue weighted by atomic mass is 9.81. The summed E-state index contributed by atoms with van der Waals surface area (Å²) in [6.07, 6.45) is 4.97. The van der Waals surface area contributed by atoms with Crippen LogP contribution in [0.2, 0.25) is 0 Å². The second-order valence-corrected chi connectivity index (χ2v) is 7.10. The maximum absolute atomic E-state index is 12.7. The maximum atomic E-state index is 12.7. The van der Waals surface area contributed by atoms with Gasteiger partial charge in [-0.15, -0.1) is 0 Å². The molecule has 156 valence electrons. The minimum atomic E-state index is -0.0983. The summed E-state index contributed by atoms with van der Waals surface area (Å²) in [5, 5.41) is 5.94. The molecule has 0 atom stereocenters. The van der Waals surface area contributed by atoms with Gasteiger partial charge >= 0.3 is 0 Å². The number of hydrogen-bond acceptors (Lipinski definition) is 5. The highest BCUT2D eigenvalue weighted by Crippen LogP contribution is 2.40. The van der Waals surface area contributed by atoms with Gasteiger partial charge < -0.3 is 24.8 Å². The fraction of sp³-hybridized carbons (Fsp3) is 0.619. The van der Waals surface area contributed by atoms with E-state index in [0.29, 0.717) is 35.8 Å². The molecule has 1 aliphatic carbocycles. The minimum Gasteiger partial charge on any atom is -0.493 e. The van der Waals surface area contributed by atoms with Crippen LogP contribution in [0.3, 0.4) is 0 Å². The molecule has 1 aliphatic rings. The van der Waals surface area contributed by atoms with Crippen LogP contribution in [0.5, 0.6) is 17.2 Å². The van der Waals surface area contributed by atoms with E-state index in [0.717, 1.165) is 32.2 Å². The van der Waals surface area contributed by atoms with Crippen molar-refractivity contribution in [1.82, 2.24) is 5.32 Å². The molecule has 2 rings (SSSR count). The zero-order valence-electron chi connectivity index (χ0n) is 17.3. The van der Waals surface area contributed by atoms with Gasteiger partial charge in [0.15, 0.2) is 11.5 Å². The standard InChI is InChI=1S/C21H32N2O5/c1-5-6-11-22-20(24)14-7-9-15(10-8-14)21(25)23-16-12-17(26-2)19(28-4)18(13-16)27-3/h12-15H,5-11H2,1-4H3,(H,22,24)(H,23,25). The van der Waals surface area contributed by atoms with E-state index in [1.165, 1.54) is 21.3 Å². The van der Waals surface area contributed by atoms with E-state index in [4.69, 9.17) is 14.2 Å². The molecule has 7 heteroatoms. The van der Waals surface area contributed by atoms with Crippen molar-refractivity contribution in [3.05, 3.63) is 12.1 Å². The van der Waals surface area contributed by atoms with Crippen LogP contribution < -0.4 is 24.8 Å². The van der Waals surface area contributed by atoms with Crippen molar-refractivity contribution in [2.24, 2.45) is 11.8 Å². The van der Waals surface area contributed by atoms with E-state index in [-0.39, 0.29) is 23.7 Å². The molecule has 0 aromatic heterocycles. The van der Waals surface area contributed by atoms with Gasteiger partial charge in [0.25, 0.3) is 0 Å². The van der Waals surface area contributed by atoms with Gasteiger partial charge in [-0.3, -0.25) is 9.59 Å². The van der Waals surface area contributed by atoms with Crippen LogP contribution in [0.1, 0.15) is 45.4 Å². The Labute approximate surface area is 167 Å². The molecule has 0 heterocycles. The summed E-state index contributed by atoms with van der Waals surface area (Å²) in [4.78, 5) is 24.9. The van der Waals surface area contributed by atoms with Crippen molar-refractivity contribution >= 4 is 17.5 Å². The quantitative estimate of drug-likeness (QED) is 0.629. The first-order chi connectivity index (χ1) is 13.5. The molecule has 0 radical (unpaired) electrons. The summed E-state index contributed by atoms with van der Waals surface area (Å²) >= 11 is 0. The molecule has 1 aromatic carbocycles. The van der Waals surface area contributed by atoms with Crippen molar-refractivity contribution in [3.8, 4) is 17.2 Å². The number of hydrogen-bond donors (Lipinski definition) is 2. The molecule has 0 unspecified atom stereocenters. The van der Waals surface area contributed by atoms with Crippen molar-refractivity contribution in [3.63, 3.8) is 0 Å². The minimum absolute atomic E-state index is 0.0158. The Morgan fingerprint density at radius 1 is 0.929 bits per heavy atom. The normalized spacial score (nSPS) is 18.9. The SMILES string of the molecule is CCCCNC(=O)C1CCC(C(=O)Nc2cc(OC)c(OC)c(OC)c2)CC1. The number of benzene rings is 1. The second-order valence-electron chi connectivity index (χ2n) is 7.10. The molecule has 1 fully saturated rings. The highest BCUT2D eigenvalue weighted by atomic mass is 16.5. The summed E-state index contributed by atoms with van der Waals surface area (Å²) in [6.45, 7) is 2.83. The number of anilines is 1. The lowest BCUT2D eigenvalue weighted by Gasteiger charge is -2.27. The molecular weight excluding hydrogens is 360 g/mol. The number of ether oxygens (including phenoxy) is 3. The molecule has 28 heavy (non-hydrogen) atoms. The molecule has 0 saturated heterocycles. The Morgan fingerprint density at radius 2 is 1.46 bits per heavy atom. The highest BCUT2D eigenvalue weighted by molar-refractivity contribution is 5.93. The number of rotatable bonds is 9. The van der Waals surface area contributed by atoms with Crippen molar-refractivity contribution in [2.75, 3.05) is 33.2 Å². The van der Waals surface area contributed by atoms with E-state index in [9.17, 15) is 9.59 Å². The van der Waals surface area contributed by atoms with E-state index in [2.05, 4.69) is 17.6 Å². The van der Waals surface area contributed by atoms with E-state index >= 15 is 0 Å². The molecule has 7 nitrogen and oxygen atoms in total. The lowest BCUT2D eigenvalue weighted by molar-refractivity contribution is -0.128. The predicted octanol–water partition coefficient (Wildman–Crippen LogP) is 3.37. The van der Waals surface area contributed by atoms with Crippen LogP contribution in [-0.4, -0.2) is 39.7 Å². The van der Waals surface area contributed by atoms with Crippen LogP contribution in [0.15, 0.2) is 12.1 Å². The summed E-state index contributed by atoms with van der Waals surface area (Å²) in [7, 11) is 4.61. The lowest BCUT2D eigenvalue weighted by Crippen LogP contribution is -2.35. The Bertz CT molecular complexity index is 644. The fourth-order valence-corrected chi connectivity index (χ4v) is 3.55. The van der Waals surface area contributed by atoms with Crippen molar-refractivity contribution in [2.45, 2.75) is 45.4 Å². The molecule has 0 bridgehead atoms. The fourth-order valence-electron chi connectivity index (χ4n) is 3.55. The zero-order chi connectivity index (χ0) is 20.5. The number of carbonyl (C=O) groups excluding carboxylic acids is 2.